The highest BCUT2D eigenvalue weighted by Crippen LogP contribution is 2.18. The van der Waals surface area contributed by atoms with Crippen LogP contribution in [0.2, 0.25) is 0 Å². The van der Waals surface area contributed by atoms with Gasteiger partial charge in [-0.2, -0.15) is 0 Å². The second-order valence-electron chi connectivity index (χ2n) is 5.80. The molecule has 5 nitrogen and oxygen atoms in total. The first-order valence-electron chi connectivity index (χ1n) is 6.63. The molecule has 1 aliphatic rings. The van der Waals surface area contributed by atoms with Crippen molar-refractivity contribution < 1.29 is 14.6 Å². The molecule has 1 heterocycles. The van der Waals surface area contributed by atoms with E-state index in [1.54, 1.807) is 6.92 Å². The van der Waals surface area contributed by atoms with Crippen molar-refractivity contribution in [1.29, 1.82) is 0 Å². The van der Waals surface area contributed by atoms with E-state index in [-0.39, 0.29) is 6.04 Å². The van der Waals surface area contributed by atoms with Gasteiger partial charge in [-0.15, -0.1) is 0 Å². The Bertz CT molecular complexity index is 275. The molecule has 0 radical (unpaired) electrons. The Morgan fingerprint density at radius 1 is 1.67 bits per heavy atom. The van der Waals surface area contributed by atoms with Gasteiger partial charge in [0.05, 0.1) is 6.61 Å². The smallest absolute Gasteiger partial charge is 0.323 e. The summed E-state index contributed by atoms with van der Waals surface area (Å²) < 4.78 is 5.46. The van der Waals surface area contributed by atoms with Crippen molar-refractivity contribution in [3.63, 3.8) is 0 Å². The van der Waals surface area contributed by atoms with Crippen molar-refractivity contribution in [2.24, 2.45) is 11.7 Å². The van der Waals surface area contributed by atoms with E-state index in [1.165, 1.54) is 6.42 Å². The fourth-order valence-electron chi connectivity index (χ4n) is 2.40. The zero-order valence-electron chi connectivity index (χ0n) is 11.7. The van der Waals surface area contributed by atoms with Gasteiger partial charge in [-0.3, -0.25) is 4.79 Å². The predicted molar refractivity (Wildman–Crippen MR) is 70.5 cm³/mol. The molecule has 0 bridgehead atoms. The third-order valence-electron chi connectivity index (χ3n) is 3.76. The van der Waals surface area contributed by atoms with Crippen LogP contribution in [-0.2, 0) is 9.53 Å². The highest BCUT2D eigenvalue weighted by molar-refractivity contribution is 5.77. The van der Waals surface area contributed by atoms with Gasteiger partial charge in [-0.1, -0.05) is 0 Å². The molecule has 0 spiro atoms. The monoisotopic (exact) mass is 258 g/mol. The van der Waals surface area contributed by atoms with Gasteiger partial charge in [0.25, 0.3) is 0 Å². The zero-order chi connectivity index (χ0) is 13.8. The van der Waals surface area contributed by atoms with E-state index in [2.05, 4.69) is 4.90 Å². The normalized spacial score (nSPS) is 25.7. The van der Waals surface area contributed by atoms with E-state index >= 15 is 0 Å². The highest BCUT2D eigenvalue weighted by Gasteiger charge is 2.31. The van der Waals surface area contributed by atoms with Crippen molar-refractivity contribution in [1.82, 2.24) is 4.90 Å². The Balaban J connectivity index is 2.40. The number of aliphatic carboxylic acids is 1. The number of ether oxygens (including phenoxy) is 1. The fourth-order valence-corrected chi connectivity index (χ4v) is 2.40. The molecule has 0 aromatic carbocycles. The average Bonchev–Trinajstić information content (AvgIpc) is 2.29. The Morgan fingerprint density at radius 3 is 2.83 bits per heavy atom. The lowest BCUT2D eigenvalue weighted by molar-refractivity contribution is -0.143. The number of carboxylic acids is 1. The summed E-state index contributed by atoms with van der Waals surface area (Å²) in [5.41, 5.74) is 4.62. The van der Waals surface area contributed by atoms with Crippen molar-refractivity contribution >= 4 is 5.97 Å². The molecule has 0 amide bonds. The summed E-state index contributed by atoms with van der Waals surface area (Å²) >= 11 is 0. The number of hydrogen-bond donors (Lipinski definition) is 2. The van der Waals surface area contributed by atoms with E-state index in [0.717, 1.165) is 26.2 Å². The predicted octanol–water partition coefficient (Wildman–Crippen LogP) is 0.925. The number of nitrogens with zero attached hydrogens (tertiary/aromatic N) is 1. The van der Waals surface area contributed by atoms with Crippen LogP contribution in [0.15, 0.2) is 0 Å². The lowest BCUT2D eigenvalue weighted by Gasteiger charge is -2.33. The summed E-state index contributed by atoms with van der Waals surface area (Å²) in [5.74, 6) is -0.385. The zero-order valence-corrected chi connectivity index (χ0v) is 11.7. The maximum atomic E-state index is 11.0. The Hall–Kier alpha value is -0.650. The molecule has 0 saturated carbocycles. The third-order valence-corrected chi connectivity index (χ3v) is 3.76. The molecule has 1 saturated heterocycles. The van der Waals surface area contributed by atoms with Crippen molar-refractivity contribution in [3.05, 3.63) is 0 Å². The Labute approximate surface area is 109 Å². The van der Waals surface area contributed by atoms with Crippen molar-refractivity contribution in [3.8, 4) is 0 Å². The van der Waals surface area contributed by atoms with E-state index in [9.17, 15) is 4.79 Å². The van der Waals surface area contributed by atoms with E-state index in [0.29, 0.717) is 12.3 Å². The SMILES string of the molecule is CC(CC(C)(N)C(=O)O)N(C)CC1CCCOC1. The summed E-state index contributed by atoms with van der Waals surface area (Å²) in [6.07, 6.45) is 2.76. The van der Waals surface area contributed by atoms with Crippen LogP contribution >= 0.6 is 0 Å². The number of hydrogen-bond acceptors (Lipinski definition) is 4. The Kier molecular flexibility index (Phi) is 5.56. The van der Waals surface area contributed by atoms with Gasteiger partial charge in [-0.05, 0) is 46.1 Å². The molecular formula is C13H26N2O3. The van der Waals surface area contributed by atoms with Gasteiger partial charge in [0.15, 0.2) is 0 Å². The van der Waals surface area contributed by atoms with Gasteiger partial charge >= 0.3 is 5.97 Å². The third kappa shape index (κ3) is 4.55. The first kappa shape index (κ1) is 15.4. The minimum Gasteiger partial charge on any atom is -0.480 e. The summed E-state index contributed by atoms with van der Waals surface area (Å²) in [7, 11) is 2.03. The molecule has 5 heteroatoms. The van der Waals surface area contributed by atoms with Gasteiger partial charge in [0.1, 0.15) is 5.54 Å². The maximum absolute atomic E-state index is 11.0. The van der Waals surface area contributed by atoms with Crippen molar-refractivity contribution in [2.75, 3.05) is 26.8 Å². The quantitative estimate of drug-likeness (QED) is 0.741. The molecule has 0 aromatic rings. The minimum absolute atomic E-state index is 0.151. The van der Waals surface area contributed by atoms with Gasteiger partial charge < -0.3 is 20.5 Å². The molecule has 0 aromatic heterocycles. The van der Waals surface area contributed by atoms with Crippen LogP contribution in [0, 0.1) is 5.92 Å². The molecule has 1 fully saturated rings. The Morgan fingerprint density at radius 2 is 2.33 bits per heavy atom. The van der Waals surface area contributed by atoms with Crippen LogP contribution in [0.25, 0.3) is 0 Å². The number of rotatable bonds is 6. The lowest BCUT2D eigenvalue weighted by atomic mass is 9.93. The lowest BCUT2D eigenvalue weighted by Crippen LogP contribution is -2.50. The number of nitrogens with two attached hydrogens (primary N) is 1. The molecule has 0 aliphatic carbocycles. The van der Waals surface area contributed by atoms with Crippen LogP contribution in [0.1, 0.15) is 33.1 Å². The number of carboxylic acid groups (broad SMARTS) is 1. The van der Waals surface area contributed by atoms with Crippen LogP contribution in [0.5, 0.6) is 0 Å². The van der Waals surface area contributed by atoms with Crippen molar-refractivity contribution in [2.45, 2.75) is 44.7 Å². The van der Waals surface area contributed by atoms with E-state index in [1.807, 2.05) is 14.0 Å². The molecular weight excluding hydrogens is 232 g/mol. The topological polar surface area (TPSA) is 75.8 Å². The molecule has 3 unspecified atom stereocenters. The van der Waals surface area contributed by atoms with E-state index in [4.69, 9.17) is 15.6 Å². The van der Waals surface area contributed by atoms with Gasteiger partial charge in [0.2, 0.25) is 0 Å². The first-order valence-corrected chi connectivity index (χ1v) is 6.63. The van der Waals surface area contributed by atoms with Gasteiger partial charge in [0, 0.05) is 19.2 Å². The number of carbonyl (C=O) groups is 1. The first-order chi connectivity index (χ1) is 8.33. The molecule has 1 rings (SSSR count). The fraction of sp³-hybridized carbons (Fsp3) is 0.923. The molecule has 1 aliphatic heterocycles. The van der Waals surface area contributed by atoms with Crippen LogP contribution in [0.3, 0.4) is 0 Å². The minimum atomic E-state index is -1.16. The summed E-state index contributed by atoms with van der Waals surface area (Å²) in [6, 6.07) is 0.151. The molecule has 3 N–H and O–H groups in total. The molecule has 18 heavy (non-hydrogen) atoms. The highest BCUT2D eigenvalue weighted by atomic mass is 16.5. The summed E-state index contributed by atoms with van der Waals surface area (Å²) in [5, 5.41) is 9.03. The van der Waals surface area contributed by atoms with Crippen LogP contribution in [0.4, 0.5) is 0 Å². The average molecular weight is 258 g/mol. The maximum Gasteiger partial charge on any atom is 0.323 e. The van der Waals surface area contributed by atoms with Gasteiger partial charge in [-0.25, -0.2) is 0 Å². The summed E-state index contributed by atoms with van der Waals surface area (Å²) in [4.78, 5) is 13.2. The largest absolute Gasteiger partial charge is 0.480 e. The van der Waals surface area contributed by atoms with Crippen LogP contribution < -0.4 is 5.73 Å². The summed E-state index contributed by atoms with van der Waals surface area (Å²) in [6.45, 7) is 6.23. The van der Waals surface area contributed by atoms with E-state index < -0.39 is 11.5 Å². The standard InChI is InChI=1S/C13H26N2O3/c1-10(7-13(2,14)12(16)17)15(3)8-11-5-4-6-18-9-11/h10-11H,4-9,14H2,1-3H3,(H,16,17). The van der Waals surface area contributed by atoms with Crippen LogP contribution in [-0.4, -0.2) is 54.4 Å². The molecule has 106 valence electrons. The second kappa shape index (κ2) is 6.50. The molecule has 3 atom stereocenters. The second-order valence-corrected chi connectivity index (χ2v) is 5.80.